The average molecular weight is 342 g/mol. The second-order valence-electron chi connectivity index (χ2n) is 3.76. The van der Waals surface area contributed by atoms with E-state index in [1.54, 1.807) is 0 Å². The van der Waals surface area contributed by atoms with Gasteiger partial charge in [-0.05, 0) is 41.3 Å². The fraction of sp³-hybridized carbons (Fsp3) is 0.333. The van der Waals surface area contributed by atoms with E-state index in [-0.39, 0.29) is 0 Å². The van der Waals surface area contributed by atoms with Gasteiger partial charge in [0.15, 0.2) is 0 Å². The van der Waals surface area contributed by atoms with Crippen molar-refractivity contribution in [2.45, 2.75) is 20.0 Å². The zero-order valence-electron chi connectivity index (χ0n) is 9.73. The highest BCUT2D eigenvalue weighted by Crippen LogP contribution is 2.05. The van der Waals surface area contributed by atoms with Crippen molar-refractivity contribution in [3.05, 3.63) is 45.6 Å². The Balaban J connectivity index is 2.05. The fourth-order valence-corrected chi connectivity index (χ4v) is 2.01. The number of halogens is 1. The monoisotopic (exact) mass is 342 g/mol. The van der Waals surface area contributed by atoms with E-state index < -0.39 is 0 Å². The maximum absolute atomic E-state index is 4.59. The quantitative estimate of drug-likeness (QED) is 0.846. The standard InChI is InChI=1S/C12H15IN4/c1-2-14-7-11-4-3-5-12(16-11)9-17-8-10(13)6-15-17/h3-6,8,14H,2,7,9H2,1H3. The van der Waals surface area contributed by atoms with Crippen LogP contribution in [0.3, 0.4) is 0 Å². The number of nitrogens with one attached hydrogen (secondary N) is 1. The van der Waals surface area contributed by atoms with E-state index in [9.17, 15) is 0 Å². The Hall–Kier alpha value is -0.950. The van der Waals surface area contributed by atoms with E-state index in [0.717, 1.165) is 34.6 Å². The Bertz CT molecular complexity index is 481. The van der Waals surface area contributed by atoms with Crippen LogP contribution in [0.15, 0.2) is 30.6 Å². The van der Waals surface area contributed by atoms with Crippen LogP contribution in [0.4, 0.5) is 0 Å². The van der Waals surface area contributed by atoms with E-state index >= 15 is 0 Å². The number of hydrogen-bond donors (Lipinski definition) is 1. The summed E-state index contributed by atoms with van der Waals surface area (Å²) in [6, 6.07) is 6.12. The summed E-state index contributed by atoms with van der Waals surface area (Å²) in [6.07, 6.45) is 3.86. The lowest BCUT2D eigenvalue weighted by atomic mass is 10.3. The molecule has 0 saturated heterocycles. The second-order valence-corrected chi connectivity index (χ2v) is 5.00. The van der Waals surface area contributed by atoms with Crippen molar-refractivity contribution in [2.24, 2.45) is 0 Å². The molecule has 0 spiro atoms. The molecule has 0 radical (unpaired) electrons. The molecule has 90 valence electrons. The smallest absolute Gasteiger partial charge is 0.0831 e. The predicted molar refractivity (Wildman–Crippen MR) is 75.7 cm³/mol. The second kappa shape index (κ2) is 6.11. The Morgan fingerprint density at radius 1 is 1.35 bits per heavy atom. The van der Waals surface area contributed by atoms with Crippen LogP contribution in [0.2, 0.25) is 0 Å². The number of pyridine rings is 1. The highest BCUT2D eigenvalue weighted by molar-refractivity contribution is 14.1. The summed E-state index contributed by atoms with van der Waals surface area (Å²) in [4.78, 5) is 4.59. The lowest BCUT2D eigenvalue weighted by molar-refractivity contribution is 0.659. The van der Waals surface area contributed by atoms with Gasteiger partial charge in [0.2, 0.25) is 0 Å². The normalized spacial score (nSPS) is 10.7. The maximum atomic E-state index is 4.59. The van der Waals surface area contributed by atoms with Crippen molar-refractivity contribution in [1.29, 1.82) is 0 Å². The molecule has 2 aromatic heterocycles. The van der Waals surface area contributed by atoms with E-state index in [1.807, 2.05) is 35.3 Å². The lowest BCUT2D eigenvalue weighted by Crippen LogP contribution is -2.13. The number of nitrogens with zero attached hydrogens (tertiary/aromatic N) is 3. The Morgan fingerprint density at radius 3 is 2.88 bits per heavy atom. The average Bonchev–Trinajstić information content (AvgIpc) is 2.73. The molecule has 0 atom stereocenters. The molecule has 0 amide bonds. The molecule has 0 saturated carbocycles. The minimum atomic E-state index is 0.725. The van der Waals surface area contributed by atoms with Crippen LogP contribution in [0, 0.1) is 3.57 Å². The molecule has 0 aliphatic heterocycles. The lowest BCUT2D eigenvalue weighted by Gasteiger charge is -2.05. The zero-order valence-corrected chi connectivity index (χ0v) is 11.9. The molecule has 0 fully saturated rings. The minimum Gasteiger partial charge on any atom is -0.311 e. The summed E-state index contributed by atoms with van der Waals surface area (Å²) in [5.41, 5.74) is 2.12. The van der Waals surface area contributed by atoms with E-state index in [4.69, 9.17) is 0 Å². The van der Waals surface area contributed by atoms with Crippen molar-refractivity contribution < 1.29 is 0 Å². The van der Waals surface area contributed by atoms with Gasteiger partial charge in [-0.3, -0.25) is 9.67 Å². The number of hydrogen-bond acceptors (Lipinski definition) is 3. The molecule has 2 aromatic rings. The number of aromatic nitrogens is 3. The van der Waals surface area contributed by atoms with E-state index in [0.29, 0.717) is 0 Å². The van der Waals surface area contributed by atoms with Crippen LogP contribution in [0.5, 0.6) is 0 Å². The van der Waals surface area contributed by atoms with Crippen LogP contribution < -0.4 is 5.32 Å². The first-order valence-corrected chi connectivity index (χ1v) is 6.69. The SMILES string of the molecule is CCNCc1cccc(Cn2cc(I)cn2)n1. The van der Waals surface area contributed by atoms with Crippen LogP contribution in [0.25, 0.3) is 0 Å². The van der Waals surface area contributed by atoms with Gasteiger partial charge in [0.1, 0.15) is 0 Å². The molecule has 1 N–H and O–H groups in total. The maximum Gasteiger partial charge on any atom is 0.0831 e. The third kappa shape index (κ3) is 3.78. The van der Waals surface area contributed by atoms with Gasteiger partial charge in [0.05, 0.1) is 27.7 Å². The Morgan fingerprint density at radius 2 is 2.18 bits per heavy atom. The molecule has 4 nitrogen and oxygen atoms in total. The zero-order chi connectivity index (χ0) is 12.1. The van der Waals surface area contributed by atoms with Gasteiger partial charge in [0.25, 0.3) is 0 Å². The Kier molecular flexibility index (Phi) is 4.49. The van der Waals surface area contributed by atoms with Gasteiger partial charge in [-0.15, -0.1) is 0 Å². The van der Waals surface area contributed by atoms with Crippen LogP contribution >= 0.6 is 22.6 Å². The first-order valence-electron chi connectivity index (χ1n) is 5.61. The van der Waals surface area contributed by atoms with E-state index in [1.165, 1.54) is 0 Å². The van der Waals surface area contributed by atoms with E-state index in [2.05, 4.69) is 44.9 Å². The summed E-state index contributed by atoms with van der Waals surface area (Å²) >= 11 is 2.25. The van der Waals surface area contributed by atoms with Gasteiger partial charge in [-0.1, -0.05) is 13.0 Å². The highest BCUT2D eigenvalue weighted by atomic mass is 127. The molecular weight excluding hydrogens is 327 g/mol. The van der Waals surface area contributed by atoms with Gasteiger partial charge < -0.3 is 5.32 Å². The molecule has 0 aromatic carbocycles. The topological polar surface area (TPSA) is 42.7 Å². The van der Waals surface area contributed by atoms with Crippen molar-refractivity contribution in [3.8, 4) is 0 Å². The van der Waals surface area contributed by atoms with Crippen molar-refractivity contribution in [2.75, 3.05) is 6.54 Å². The van der Waals surface area contributed by atoms with Crippen LogP contribution in [0.1, 0.15) is 18.3 Å². The summed E-state index contributed by atoms with van der Waals surface area (Å²) in [6.45, 7) is 4.60. The van der Waals surface area contributed by atoms with Gasteiger partial charge in [-0.2, -0.15) is 5.10 Å². The highest BCUT2D eigenvalue weighted by Gasteiger charge is 2.00. The largest absolute Gasteiger partial charge is 0.311 e. The molecular formula is C12H15IN4. The molecule has 0 aliphatic carbocycles. The van der Waals surface area contributed by atoms with Crippen molar-refractivity contribution >= 4 is 22.6 Å². The molecule has 0 unspecified atom stereocenters. The third-order valence-electron chi connectivity index (χ3n) is 2.35. The van der Waals surface area contributed by atoms with Gasteiger partial charge in [0, 0.05) is 12.7 Å². The molecule has 0 aliphatic rings. The summed E-state index contributed by atoms with van der Waals surface area (Å²) in [7, 11) is 0. The fourth-order valence-electron chi connectivity index (χ4n) is 1.56. The predicted octanol–water partition coefficient (Wildman–Crippen LogP) is 2.04. The first kappa shape index (κ1) is 12.5. The van der Waals surface area contributed by atoms with Gasteiger partial charge in [-0.25, -0.2) is 0 Å². The van der Waals surface area contributed by atoms with Gasteiger partial charge >= 0.3 is 0 Å². The first-order chi connectivity index (χ1) is 8.28. The summed E-state index contributed by atoms with van der Waals surface area (Å²) in [5, 5.41) is 7.53. The molecule has 17 heavy (non-hydrogen) atoms. The summed E-state index contributed by atoms with van der Waals surface area (Å²) in [5.74, 6) is 0. The summed E-state index contributed by atoms with van der Waals surface area (Å²) < 4.78 is 3.05. The number of rotatable bonds is 5. The Labute approximate surface area is 115 Å². The third-order valence-corrected chi connectivity index (χ3v) is 2.90. The molecule has 0 bridgehead atoms. The van der Waals surface area contributed by atoms with Crippen molar-refractivity contribution in [1.82, 2.24) is 20.1 Å². The van der Waals surface area contributed by atoms with Crippen molar-refractivity contribution in [3.63, 3.8) is 0 Å². The van der Waals surface area contributed by atoms with Crippen LogP contribution in [-0.2, 0) is 13.1 Å². The molecule has 2 rings (SSSR count). The van der Waals surface area contributed by atoms with Crippen LogP contribution in [-0.4, -0.2) is 21.3 Å². The molecule has 2 heterocycles. The minimum absolute atomic E-state index is 0.725. The molecule has 5 heteroatoms.